The van der Waals surface area contributed by atoms with Gasteiger partial charge in [0.15, 0.2) is 0 Å². The lowest BCUT2D eigenvalue weighted by Crippen LogP contribution is -2.14. The van der Waals surface area contributed by atoms with Crippen molar-refractivity contribution in [2.45, 2.75) is 4.90 Å². The van der Waals surface area contributed by atoms with Gasteiger partial charge in [-0.2, -0.15) is 0 Å². The van der Waals surface area contributed by atoms with E-state index >= 15 is 0 Å². The van der Waals surface area contributed by atoms with Crippen molar-refractivity contribution in [1.29, 1.82) is 0 Å². The molecule has 0 saturated heterocycles. The van der Waals surface area contributed by atoms with Crippen LogP contribution in [0.5, 0.6) is 5.75 Å². The molecule has 0 atom stereocenters. The molecule has 2 aromatic heterocycles. The molecule has 0 unspecified atom stereocenters. The van der Waals surface area contributed by atoms with Crippen LogP contribution in [0.4, 0.5) is 28.8 Å². The molecule has 2 aromatic carbocycles. The van der Waals surface area contributed by atoms with Gasteiger partial charge in [-0.25, -0.2) is 23.4 Å². The van der Waals surface area contributed by atoms with Crippen molar-refractivity contribution >= 4 is 38.9 Å². The second-order valence-corrected chi connectivity index (χ2v) is 8.24. The van der Waals surface area contributed by atoms with Crippen molar-refractivity contribution in [1.82, 2.24) is 15.0 Å². The van der Waals surface area contributed by atoms with Gasteiger partial charge in [-0.15, -0.1) is 0 Å². The first-order valence-electron chi connectivity index (χ1n) is 9.56. The van der Waals surface area contributed by atoms with Gasteiger partial charge in [0.05, 0.1) is 7.11 Å². The van der Waals surface area contributed by atoms with Crippen LogP contribution in [-0.4, -0.2) is 30.5 Å². The molecule has 0 spiro atoms. The molecule has 32 heavy (non-hydrogen) atoms. The molecule has 4 aromatic rings. The number of rotatable bonds is 8. The van der Waals surface area contributed by atoms with Gasteiger partial charge in [0, 0.05) is 23.6 Å². The standard InChI is InChI=1S/C22H20N6O3S/c1-31-18-6-2-3-7-19(18)32(29,30)28-17-11-9-16(10-12-17)26-21-14-22(25-15-24-21)27-20-8-4-5-13-23-20/h2-15,28H,1H3,(H2,23,24,25,26,27). The number of para-hydroxylation sites is 1. The highest BCUT2D eigenvalue weighted by Gasteiger charge is 2.19. The number of sulfonamides is 1. The molecule has 0 radical (unpaired) electrons. The van der Waals surface area contributed by atoms with E-state index in [0.29, 0.717) is 23.1 Å². The lowest BCUT2D eigenvalue weighted by atomic mass is 10.3. The largest absolute Gasteiger partial charge is 0.495 e. The number of methoxy groups -OCH3 is 1. The van der Waals surface area contributed by atoms with Gasteiger partial charge in [0.25, 0.3) is 10.0 Å². The molecule has 4 rings (SSSR count). The quantitative estimate of drug-likeness (QED) is 0.368. The summed E-state index contributed by atoms with van der Waals surface area (Å²) in [5, 5.41) is 6.26. The Morgan fingerprint density at radius 1 is 0.750 bits per heavy atom. The second kappa shape index (κ2) is 9.31. The number of nitrogens with zero attached hydrogens (tertiary/aromatic N) is 3. The van der Waals surface area contributed by atoms with Crippen LogP contribution < -0.4 is 20.1 Å². The molecular weight excluding hydrogens is 428 g/mol. The fraction of sp³-hybridized carbons (Fsp3) is 0.0455. The summed E-state index contributed by atoms with van der Waals surface area (Å²) in [7, 11) is -2.36. The fourth-order valence-electron chi connectivity index (χ4n) is 2.88. The summed E-state index contributed by atoms with van der Waals surface area (Å²) < 4.78 is 33.1. The number of ether oxygens (including phenoxy) is 1. The molecule has 2 heterocycles. The van der Waals surface area contributed by atoms with E-state index in [4.69, 9.17) is 4.74 Å². The Morgan fingerprint density at radius 3 is 2.16 bits per heavy atom. The smallest absolute Gasteiger partial charge is 0.265 e. The predicted molar refractivity (Wildman–Crippen MR) is 123 cm³/mol. The summed E-state index contributed by atoms with van der Waals surface area (Å²) in [6.45, 7) is 0. The number of hydrogen-bond acceptors (Lipinski definition) is 8. The minimum atomic E-state index is -3.79. The van der Waals surface area contributed by atoms with E-state index < -0.39 is 10.0 Å². The zero-order valence-corrected chi connectivity index (χ0v) is 17.9. The average molecular weight is 449 g/mol. The van der Waals surface area contributed by atoms with Crippen LogP contribution in [0.3, 0.4) is 0 Å². The van der Waals surface area contributed by atoms with Crippen molar-refractivity contribution in [3.63, 3.8) is 0 Å². The van der Waals surface area contributed by atoms with E-state index in [1.54, 1.807) is 54.7 Å². The van der Waals surface area contributed by atoms with Gasteiger partial charge < -0.3 is 15.4 Å². The van der Waals surface area contributed by atoms with Crippen LogP contribution in [0.1, 0.15) is 0 Å². The van der Waals surface area contributed by atoms with E-state index in [-0.39, 0.29) is 10.6 Å². The van der Waals surface area contributed by atoms with E-state index in [1.807, 2.05) is 18.2 Å². The maximum atomic E-state index is 12.7. The minimum Gasteiger partial charge on any atom is -0.495 e. The highest BCUT2D eigenvalue weighted by molar-refractivity contribution is 7.92. The van der Waals surface area contributed by atoms with Crippen molar-refractivity contribution in [3.05, 3.63) is 85.3 Å². The molecule has 0 fully saturated rings. The lowest BCUT2D eigenvalue weighted by Gasteiger charge is -2.12. The van der Waals surface area contributed by atoms with Gasteiger partial charge in [0.1, 0.15) is 34.4 Å². The maximum Gasteiger partial charge on any atom is 0.265 e. The zero-order chi connectivity index (χ0) is 22.4. The Labute approximate surface area is 185 Å². The Kier molecular flexibility index (Phi) is 6.13. The molecule has 0 amide bonds. The predicted octanol–water partition coefficient (Wildman–Crippen LogP) is 4.17. The fourth-order valence-corrected chi connectivity index (χ4v) is 4.11. The number of benzene rings is 2. The molecule has 0 aliphatic heterocycles. The average Bonchev–Trinajstić information content (AvgIpc) is 2.81. The van der Waals surface area contributed by atoms with E-state index in [2.05, 4.69) is 30.3 Å². The Hall–Kier alpha value is -4.18. The monoisotopic (exact) mass is 448 g/mol. The summed E-state index contributed by atoms with van der Waals surface area (Å²) in [6, 6.07) is 20.5. The van der Waals surface area contributed by atoms with Crippen LogP contribution in [0.25, 0.3) is 0 Å². The van der Waals surface area contributed by atoms with E-state index in [1.165, 1.54) is 19.5 Å². The van der Waals surface area contributed by atoms with Crippen LogP contribution in [0.15, 0.2) is 90.2 Å². The summed E-state index contributed by atoms with van der Waals surface area (Å²) in [6.07, 6.45) is 3.12. The number of hydrogen-bond donors (Lipinski definition) is 3. The number of aromatic nitrogens is 3. The third-order valence-electron chi connectivity index (χ3n) is 4.36. The summed E-state index contributed by atoms with van der Waals surface area (Å²) in [5.74, 6) is 2.10. The van der Waals surface area contributed by atoms with Gasteiger partial charge in [0.2, 0.25) is 0 Å². The van der Waals surface area contributed by atoms with Crippen molar-refractivity contribution in [2.24, 2.45) is 0 Å². The molecular formula is C22H20N6O3S. The first kappa shape index (κ1) is 21.1. The van der Waals surface area contributed by atoms with Crippen molar-refractivity contribution in [2.75, 3.05) is 22.5 Å². The molecule has 10 heteroatoms. The van der Waals surface area contributed by atoms with Crippen molar-refractivity contribution in [3.8, 4) is 5.75 Å². The first-order chi connectivity index (χ1) is 15.5. The minimum absolute atomic E-state index is 0.0682. The Morgan fingerprint density at radius 2 is 1.44 bits per heavy atom. The third kappa shape index (κ3) is 5.10. The first-order valence-corrected chi connectivity index (χ1v) is 11.0. The molecule has 3 N–H and O–H groups in total. The number of pyridine rings is 1. The lowest BCUT2D eigenvalue weighted by molar-refractivity contribution is 0.403. The van der Waals surface area contributed by atoms with Gasteiger partial charge in [-0.05, 0) is 48.5 Å². The van der Waals surface area contributed by atoms with Crippen LogP contribution >= 0.6 is 0 Å². The normalized spacial score (nSPS) is 10.9. The molecule has 0 bridgehead atoms. The van der Waals surface area contributed by atoms with E-state index in [0.717, 1.165) is 5.69 Å². The molecule has 0 aliphatic rings. The van der Waals surface area contributed by atoms with Crippen LogP contribution in [0, 0.1) is 0 Å². The molecule has 0 aliphatic carbocycles. The van der Waals surface area contributed by atoms with Crippen LogP contribution in [-0.2, 0) is 10.0 Å². The Bertz CT molecular complexity index is 1300. The number of anilines is 5. The highest BCUT2D eigenvalue weighted by Crippen LogP contribution is 2.26. The van der Waals surface area contributed by atoms with Crippen molar-refractivity contribution < 1.29 is 13.2 Å². The summed E-state index contributed by atoms with van der Waals surface area (Å²) in [4.78, 5) is 12.7. The zero-order valence-electron chi connectivity index (χ0n) is 17.1. The van der Waals surface area contributed by atoms with Gasteiger partial charge in [-0.1, -0.05) is 18.2 Å². The van der Waals surface area contributed by atoms with Gasteiger partial charge >= 0.3 is 0 Å². The second-order valence-electron chi connectivity index (χ2n) is 6.59. The summed E-state index contributed by atoms with van der Waals surface area (Å²) >= 11 is 0. The third-order valence-corrected chi connectivity index (χ3v) is 5.78. The number of nitrogens with one attached hydrogen (secondary N) is 3. The highest BCUT2D eigenvalue weighted by atomic mass is 32.2. The Balaban J connectivity index is 1.45. The summed E-state index contributed by atoms with van der Waals surface area (Å²) in [5.41, 5.74) is 1.15. The SMILES string of the molecule is COc1ccccc1S(=O)(=O)Nc1ccc(Nc2cc(Nc3ccccn3)ncn2)cc1. The molecule has 162 valence electrons. The molecule has 9 nitrogen and oxygen atoms in total. The maximum absolute atomic E-state index is 12.7. The topological polar surface area (TPSA) is 118 Å². The van der Waals surface area contributed by atoms with E-state index in [9.17, 15) is 8.42 Å². The van der Waals surface area contributed by atoms with Crippen LogP contribution in [0.2, 0.25) is 0 Å². The molecule has 0 saturated carbocycles. The van der Waals surface area contributed by atoms with Gasteiger partial charge in [-0.3, -0.25) is 4.72 Å².